The van der Waals surface area contributed by atoms with Crippen molar-refractivity contribution in [2.45, 2.75) is 39.3 Å². The molecule has 21 heavy (non-hydrogen) atoms. The van der Waals surface area contributed by atoms with Crippen molar-refractivity contribution in [2.75, 3.05) is 0 Å². The molecular weight excluding hydrogens is 264 g/mol. The standard InChI is InChI=1S/C17H20N2O2/c1-9-10(2)21-11(3)15(9)17(20)19-16-13-7-5-4-6-12(13)8-14(16)18/h4-7,14,16H,8,18H2,1-3H3,(H,19,20). The lowest BCUT2D eigenvalue weighted by molar-refractivity contribution is 0.0931. The Morgan fingerprint density at radius 1 is 1.24 bits per heavy atom. The van der Waals surface area contributed by atoms with E-state index in [0.717, 1.165) is 23.3 Å². The zero-order valence-electron chi connectivity index (χ0n) is 12.6. The number of hydrogen-bond acceptors (Lipinski definition) is 3. The molecule has 4 nitrogen and oxygen atoms in total. The second-order valence-corrected chi connectivity index (χ2v) is 5.73. The van der Waals surface area contributed by atoms with Gasteiger partial charge in [0.15, 0.2) is 0 Å². The number of aryl methyl sites for hydroxylation is 2. The predicted octanol–water partition coefficient (Wildman–Crippen LogP) is 2.56. The van der Waals surface area contributed by atoms with Gasteiger partial charge < -0.3 is 15.5 Å². The third-order valence-electron chi connectivity index (χ3n) is 4.35. The first-order chi connectivity index (χ1) is 9.99. The molecule has 1 amide bonds. The molecule has 110 valence electrons. The number of carbonyl (C=O) groups excluding carboxylic acids is 1. The fourth-order valence-corrected chi connectivity index (χ4v) is 3.15. The van der Waals surface area contributed by atoms with E-state index in [2.05, 4.69) is 11.4 Å². The number of carbonyl (C=O) groups is 1. The van der Waals surface area contributed by atoms with Crippen LogP contribution in [-0.2, 0) is 6.42 Å². The lowest BCUT2D eigenvalue weighted by Gasteiger charge is -2.18. The van der Waals surface area contributed by atoms with Crippen molar-refractivity contribution in [3.8, 4) is 0 Å². The van der Waals surface area contributed by atoms with Gasteiger partial charge >= 0.3 is 0 Å². The van der Waals surface area contributed by atoms with Gasteiger partial charge in [0.05, 0.1) is 11.6 Å². The monoisotopic (exact) mass is 284 g/mol. The van der Waals surface area contributed by atoms with Crippen molar-refractivity contribution in [3.05, 3.63) is 58.0 Å². The van der Waals surface area contributed by atoms with Crippen molar-refractivity contribution in [3.63, 3.8) is 0 Å². The number of rotatable bonds is 2. The van der Waals surface area contributed by atoms with E-state index in [9.17, 15) is 4.79 Å². The van der Waals surface area contributed by atoms with Crippen molar-refractivity contribution in [2.24, 2.45) is 5.73 Å². The van der Waals surface area contributed by atoms with Crippen LogP contribution in [0.1, 0.15) is 44.6 Å². The summed E-state index contributed by atoms with van der Waals surface area (Å²) < 4.78 is 5.54. The normalized spacial score (nSPS) is 20.4. The molecule has 4 heteroatoms. The van der Waals surface area contributed by atoms with E-state index in [1.165, 1.54) is 5.56 Å². The summed E-state index contributed by atoms with van der Waals surface area (Å²) >= 11 is 0. The second kappa shape index (κ2) is 5.04. The topological polar surface area (TPSA) is 68.3 Å². The van der Waals surface area contributed by atoms with Crippen LogP contribution in [0.2, 0.25) is 0 Å². The zero-order valence-corrected chi connectivity index (χ0v) is 12.6. The lowest BCUT2D eigenvalue weighted by Crippen LogP contribution is -2.38. The Bertz CT molecular complexity index is 703. The van der Waals surface area contributed by atoms with Crippen LogP contribution >= 0.6 is 0 Å². The highest BCUT2D eigenvalue weighted by molar-refractivity contribution is 5.97. The summed E-state index contributed by atoms with van der Waals surface area (Å²) in [5, 5.41) is 3.07. The molecule has 1 aliphatic rings. The summed E-state index contributed by atoms with van der Waals surface area (Å²) in [6, 6.07) is 7.87. The number of amides is 1. The van der Waals surface area contributed by atoms with Crippen LogP contribution in [0.4, 0.5) is 0 Å². The van der Waals surface area contributed by atoms with Gasteiger partial charge in [0.25, 0.3) is 5.91 Å². The Kier molecular flexibility index (Phi) is 3.33. The molecule has 3 rings (SSSR count). The Hall–Kier alpha value is -2.07. The first-order valence-electron chi connectivity index (χ1n) is 7.20. The Labute approximate surface area is 124 Å². The SMILES string of the molecule is Cc1oc(C)c(C(=O)NC2c3ccccc3CC2N)c1C. The van der Waals surface area contributed by atoms with Crippen molar-refractivity contribution >= 4 is 5.91 Å². The van der Waals surface area contributed by atoms with Gasteiger partial charge in [-0.25, -0.2) is 0 Å². The minimum Gasteiger partial charge on any atom is -0.466 e. The fourth-order valence-electron chi connectivity index (χ4n) is 3.15. The van der Waals surface area contributed by atoms with E-state index in [-0.39, 0.29) is 18.0 Å². The summed E-state index contributed by atoms with van der Waals surface area (Å²) in [5.74, 6) is 1.33. The minimum absolute atomic E-state index is 0.0834. The Morgan fingerprint density at radius 2 is 1.95 bits per heavy atom. The average Bonchev–Trinajstić information content (AvgIpc) is 2.88. The number of benzene rings is 1. The van der Waals surface area contributed by atoms with Crippen LogP contribution in [0.25, 0.3) is 0 Å². The van der Waals surface area contributed by atoms with Gasteiger partial charge in [-0.05, 0) is 38.3 Å². The van der Waals surface area contributed by atoms with Crippen LogP contribution in [0.3, 0.4) is 0 Å². The maximum atomic E-state index is 12.6. The summed E-state index contributed by atoms with van der Waals surface area (Å²) in [7, 11) is 0. The van der Waals surface area contributed by atoms with Crippen molar-refractivity contribution in [1.82, 2.24) is 5.32 Å². The summed E-state index contributed by atoms with van der Waals surface area (Å²) in [4.78, 5) is 12.6. The van der Waals surface area contributed by atoms with E-state index >= 15 is 0 Å². The molecule has 3 N–H and O–H groups in total. The third kappa shape index (κ3) is 2.25. The van der Waals surface area contributed by atoms with Gasteiger partial charge in [-0.2, -0.15) is 0 Å². The van der Waals surface area contributed by atoms with Gasteiger partial charge in [-0.15, -0.1) is 0 Å². The molecular formula is C17H20N2O2. The van der Waals surface area contributed by atoms with Crippen molar-refractivity contribution in [1.29, 1.82) is 0 Å². The van der Waals surface area contributed by atoms with Gasteiger partial charge in [0.1, 0.15) is 11.5 Å². The third-order valence-corrected chi connectivity index (χ3v) is 4.35. The quantitative estimate of drug-likeness (QED) is 0.890. The number of hydrogen-bond donors (Lipinski definition) is 2. The van der Waals surface area contributed by atoms with Crippen LogP contribution < -0.4 is 11.1 Å². The molecule has 2 aromatic rings. The van der Waals surface area contributed by atoms with E-state index in [1.807, 2.05) is 39.0 Å². The van der Waals surface area contributed by atoms with E-state index in [0.29, 0.717) is 11.3 Å². The number of fused-ring (bicyclic) bond motifs is 1. The molecule has 0 radical (unpaired) electrons. The van der Waals surface area contributed by atoms with Crippen molar-refractivity contribution < 1.29 is 9.21 Å². The zero-order chi connectivity index (χ0) is 15.1. The maximum absolute atomic E-state index is 12.6. The molecule has 0 fully saturated rings. The highest BCUT2D eigenvalue weighted by atomic mass is 16.3. The largest absolute Gasteiger partial charge is 0.466 e. The summed E-state index contributed by atoms with van der Waals surface area (Å²) in [6.07, 6.45) is 0.795. The van der Waals surface area contributed by atoms with Gasteiger partial charge in [-0.3, -0.25) is 4.79 Å². The molecule has 1 heterocycles. The minimum atomic E-state index is -0.136. The van der Waals surface area contributed by atoms with Crippen LogP contribution in [0, 0.1) is 20.8 Å². The molecule has 2 unspecified atom stereocenters. The number of nitrogens with two attached hydrogens (primary N) is 1. The Balaban J connectivity index is 1.89. The molecule has 0 spiro atoms. The van der Waals surface area contributed by atoms with Gasteiger partial charge in [-0.1, -0.05) is 24.3 Å². The molecule has 1 aliphatic carbocycles. The number of nitrogens with one attached hydrogen (secondary N) is 1. The molecule has 2 atom stereocenters. The lowest BCUT2D eigenvalue weighted by atomic mass is 10.1. The summed E-state index contributed by atoms with van der Waals surface area (Å²) in [6.45, 7) is 5.59. The number of furan rings is 1. The fraction of sp³-hybridized carbons (Fsp3) is 0.353. The highest BCUT2D eigenvalue weighted by Crippen LogP contribution is 2.31. The Morgan fingerprint density at radius 3 is 2.62 bits per heavy atom. The van der Waals surface area contributed by atoms with Gasteiger partial charge in [0.2, 0.25) is 0 Å². The van der Waals surface area contributed by atoms with E-state index in [4.69, 9.17) is 10.2 Å². The second-order valence-electron chi connectivity index (χ2n) is 5.73. The molecule has 0 saturated carbocycles. The van der Waals surface area contributed by atoms with E-state index in [1.54, 1.807) is 0 Å². The first-order valence-corrected chi connectivity index (χ1v) is 7.20. The molecule has 0 aliphatic heterocycles. The summed E-state index contributed by atoms with van der Waals surface area (Å²) in [5.41, 5.74) is 10.1. The van der Waals surface area contributed by atoms with Gasteiger partial charge in [0, 0.05) is 11.6 Å². The van der Waals surface area contributed by atoms with Crippen LogP contribution in [0.15, 0.2) is 28.7 Å². The predicted molar refractivity (Wildman–Crippen MR) is 81.2 cm³/mol. The van der Waals surface area contributed by atoms with Crippen LogP contribution in [0.5, 0.6) is 0 Å². The smallest absolute Gasteiger partial charge is 0.255 e. The van der Waals surface area contributed by atoms with E-state index < -0.39 is 0 Å². The molecule has 0 saturated heterocycles. The first kappa shape index (κ1) is 13.9. The maximum Gasteiger partial charge on any atom is 0.255 e. The highest BCUT2D eigenvalue weighted by Gasteiger charge is 2.32. The molecule has 1 aromatic heterocycles. The average molecular weight is 284 g/mol. The molecule has 0 bridgehead atoms. The van der Waals surface area contributed by atoms with Crippen LogP contribution in [-0.4, -0.2) is 11.9 Å². The molecule has 1 aromatic carbocycles.